The minimum Gasteiger partial charge on any atom is -0.441 e. The van der Waals surface area contributed by atoms with E-state index in [4.69, 9.17) is 4.42 Å². The lowest BCUT2D eigenvalue weighted by atomic mass is 10.1. The van der Waals surface area contributed by atoms with E-state index in [0.717, 1.165) is 16.9 Å². The van der Waals surface area contributed by atoms with Gasteiger partial charge in [0.25, 0.3) is 0 Å². The molecule has 146 valence electrons. The molecule has 0 radical (unpaired) electrons. The summed E-state index contributed by atoms with van der Waals surface area (Å²) in [6.45, 7) is 0. The number of nitrogens with one attached hydrogen (secondary N) is 1. The molecule has 0 aliphatic rings. The van der Waals surface area contributed by atoms with Crippen molar-refractivity contribution in [2.45, 2.75) is 19.3 Å². The van der Waals surface area contributed by atoms with Gasteiger partial charge in [-0.2, -0.15) is 0 Å². The van der Waals surface area contributed by atoms with Crippen LogP contribution in [0.15, 0.2) is 65.2 Å². The van der Waals surface area contributed by atoms with Crippen molar-refractivity contribution in [2.24, 2.45) is 7.05 Å². The zero-order valence-corrected chi connectivity index (χ0v) is 15.9. The normalized spacial score (nSPS) is 10.8. The highest BCUT2D eigenvalue weighted by atomic mass is 16.4. The Morgan fingerprint density at radius 2 is 1.93 bits per heavy atom. The first-order valence-corrected chi connectivity index (χ1v) is 9.32. The minimum absolute atomic E-state index is 0.0620. The van der Waals surface area contributed by atoms with Gasteiger partial charge in [0.15, 0.2) is 17.5 Å². The van der Waals surface area contributed by atoms with Crippen LogP contribution in [0.3, 0.4) is 0 Å². The Bertz CT molecular complexity index is 1100. The summed E-state index contributed by atoms with van der Waals surface area (Å²) in [4.78, 5) is 16.6. The van der Waals surface area contributed by atoms with Crippen LogP contribution in [0.25, 0.3) is 22.7 Å². The number of carbonyl (C=O) groups is 1. The highest BCUT2D eigenvalue weighted by Crippen LogP contribution is 2.21. The Labute approximate surface area is 167 Å². The van der Waals surface area contributed by atoms with E-state index in [0.29, 0.717) is 36.7 Å². The molecule has 0 atom stereocenters. The predicted molar refractivity (Wildman–Crippen MR) is 108 cm³/mol. The van der Waals surface area contributed by atoms with Crippen molar-refractivity contribution in [3.63, 3.8) is 0 Å². The maximum Gasteiger partial charge on any atom is 0.224 e. The fourth-order valence-corrected chi connectivity index (χ4v) is 3.00. The SMILES string of the molecule is Cn1nnnc1-c1cccc(NC(=O)CCCc2ncc(-c3ccccc3)o2)c1. The molecule has 29 heavy (non-hydrogen) atoms. The molecule has 8 nitrogen and oxygen atoms in total. The predicted octanol–water partition coefficient (Wildman–Crippen LogP) is 3.49. The largest absolute Gasteiger partial charge is 0.441 e. The smallest absolute Gasteiger partial charge is 0.224 e. The van der Waals surface area contributed by atoms with Gasteiger partial charge >= 0.3 is 0 Å². The zero-order valence-electron chi connectivity index (χ0n) is 15.9. The van der Waals surface area contributed by atoms with Gasteiger partial charge in [-0.15, -0.1) is 5.10 Å². The van der Waals surface area contributed by atoms with Gasteiger partial charge in [-0.25, -0.2) is 9.67 Å². The van der Waals surface area contributed by atoms with Crippen LogP contribution in [0.4, 0.5) is 5.69 Å². The summed E-state index contributed by atoms with van der Waals surface area (Å²) in [5.41, 5.74) is 2.53. The number of hydrogen-bond donors (Lipinski definition) is 1. The van der Waals surface area contributed by atoms with Gasteiger partial charge in [-0.1, -0.05) is 42.5 Å². The van der Waals surface area contributed by atoms with E-state index in [1.807, 2.05) is 54.6 Å². The van der Waals surface area contributed by atoms with Crippen LogP contribution >= 0.6 is 0 Å². The van der Waals surface area contributed by atoms with Crippen LogP contribution in [0.1, 0.15) is 18.7 Å². The van der Waals surface area contributed by atoms with Crippen LogP contribution in [0, 0.1) is 0 Å². The Morgan fingerprint density at radius 1 is 1.10 bits per heavy atom. The van der Waals surface area contributed by atoms with Crippen molar-refractivity contribution >= 4 is 11.6 Å². The fraction of sp³-hybridized carbons (Fsp3) is 0.190. The third-order valence-corrected chi connectivity index (χ3v) is 4.43. The molecule has 0 saturated carbocycles. The monoisotopic (exact) mass is 388 g/mol. The van der Waals surface area contributed by atoms with E-state index in [2.05, 4.69) is 25.8 Å². The van der Waals surface area contributed by atoms with Crippen LogP contribution < -0.4 is 5.32 Å². The first kappa shape index (κ1) is 18.5. The topological polar surface area (TPSA) is 98.7 Å². The number of tetrazole rings is 1. The van der Waals surface area contributed by atoms with Gasteiger partial charge in [-0.3, -0.25) is 4.79 Å². The molecule has 8 heteroatoms. The Hall–Kier alpha value is -3.81. The molecular weight excluding hydrogens is 368 g/mol. The molecule has 0 aliphatic heterocycles. The molecule has 2 aromatic heterocycles. The number of carbonyl (C=O) groups excluding carboxylic acids is 1. The van der Waals surface area contributed by atoms with Crippen LogP contribution in [-0.4, -0.2) is 31.1 Å². The molecule has 0 unspecified atom stereocenters. The quantitative estimate of drug-likeness (QED) is 0.520. The van der Waals surface area contributed by atoms with Crippen LogP contribution in [0.2, 0.25) is 0 Å². The van der Waals surface area contributed by atoms with Gasteiger partial charge in [-0.05, 0) is 29.0 Å². The van der Waals surface area contributed by atoms with Gasteiger partial charge < -0.3 is 9.73 Å². The molecule has 2 aromatic carbocycles. The van der Waals surface area contributed by atoms with Gasteiger partial charge in [0.2, 0.25) is 5.91 Å². The van der Waals surface area contributed by atoms with Gasteiger partial charge in [0, 0.05) is 36.7 Å². The number of aromatic nitrogens is 5. The number of rotatable bonds is 7. The average Bonchev–Trinajstić information content (AvgIpc) is 3.38. The Kier molecular flexibility index (Phi) is 5.42. The lowest BCUT2D eigenvalue weighted by Crippen LogP contribution is -2.11. The molecule has 4 aromatic rings. The molecular formula is C21H20N6O2. The number of hydrogen-bond acceptors (Lipinski definition) is 6. The highest BCUT2D eigenvalue weighted by Gasteiger charge is 2.10. The summed E-state index contributed by atoms with van der Waals surface area (Å²) >= 11 is 0. The summed E-state index contributed by atoms with van der Waals surface area (Å²) in [6, 6.07) is 17.3. The van der Waals surface area contributed by atoms with Crippen molar-refractivity contribution in [3.05, 3.63) is 66.7 Å². The first-order chi connectivity index (χ1) is 14.2. The number of anilines is 1. The fourth-order valence-electron chi connectivity index (χ4n) is 3.00. The zero-order chi connectivity index (χ0) is 20.1. The number of aryl methyl sites for hydroxylation is 2. The van der Waals surface area contributed by atoms with E-state index < -0.39 is 0 Å². The second kappa shape index (κ2) is 8.47. The number of amides is 1. The number of nitrogens with zero attached hydrogens (tertiary/aromatic N) is 5. The molecule has 1 amide bonds. The molecule has 0 spiro atoms. The third-order valence-electron chi connectivity index (χ3n) is 4.43. The van der Waals surface area contributed by atoms with Gasteiger partial charge in [0.05, 0.1) is 6.20 Å². The maximum absolute atomic E-state index is 12.3. The standard InChI is InChI=1S/C21H20N6O2/c1-27-21(24-25-26-27)16-9-5-10-17(13-16)23-19(28)11-6-12-20-22-14-18(29-20)15-7-3-2-4-8-15/h2-5,7-10,13-14H,6,11-12H2,1H3,(H,23,28). The van der Waals surface area contributed by atoms with Crippen molar-refractivity contribution < 1.29 is 9.21 Å². The van der Waals surface area contributed by atoms with Crippen molar-refractivity contribution in [2.75, 3.05) is 5.32 Å². The molecule has 0 fully saturated rings. The average molecular weight is 388 g/mol. The van der Waals surface area contributed by atoms with E-state index >= 15 is 0 Å². The lowest BCUT2D eigenvalue weighted by molar-refractivity contribution is -0.116. The third kappa shape index (κ3) is 4.55. The van der Waals surface area contributed by atoms with Crippen molar-refractivity contribution in [1.82, 2.24) is 25.2 Å². The van der Waals surface area contributed by atoms with E-state index in [9.17, 15) is 4.79 Å². The molecule has 4 rings (SSSR count). The summed E-state index contributed by atoms with van der Waals surface area (Å²) < 4.78 is 7.36. The van der Waals surface area contributed by atoms with Crippen molar-refractivity contribution in [1.29, 1.82) is 0 Å². The summed E-state index contributed by atoms with van der Waals surface area (Å²) in [7, 11) is 1.77. The second-order valence-electron chi connectivity index (χ2n) is 6.59. The van der Waals surface area contributed by atoms with Gasteiger partial charge in [0.1, 0.15) is 0 Å². The Morgan fingerprint density at radius 3 is 2.72 bits per heavy atom. The lowest BCUT2D eigenvalue weighted by Gasteiger charge is -2.06. The molecule has 0 saturated heterocycles. The number of benzene rings is 2. The Balaban J connectivity index is 1.30. The van der Waals surface area contributed by atoms with Crippen molar-refractivity contribution in [3.8, 4) is 22.7 Å². The molecule has 2 heterocycles. The van der Waals surface area contributed by atoms with E-state index in [1.54, 1.807) is 17.9 Å². The maximum atomic E-state index is 12.3. The summed E-state index contributed by atoms with van der Waals surface area (Å²) in [6.07, 6.45) is 3.34. The second-order valence-corrected chi connectivity index (χ2v) is 6.59. The number of oxazole rings is 1. The molecule has 0 bridgehead atoms. The van der Waals surface area contributed by atoms with E-state index in [-0.39, 0.29) is 5.91 Å². The first-order valence-electron chi connectivity index (χ1n) is 9.32. The molecule has 0 aliphatic carbocycles. The molecule has 1 N–H and O–H groups in total. The summed E-state index contributed by atoms with van der Waals surface area (Å²) in [5, 5.41) is 14.4. The summed E-state index contributed by atoms with van der Waals surface area (Å²) in [5.74, 6) is 1.95. The van der Waals surface area contributed by atoms with E-state index in [1.165, 1.54) is 0 Å². The highest BCUT2D eigenvalue weighted by molar-refractivity contribution is 5.91. The van der Waals surface area contributed by atoms with Crippen LogP contribution in [0.5, 0.6) is 0 Å². The minimum atomic E-state index is -0.0620. The van der Waals surface area contributed by atoms with Crippen LogP contribution in [-0.2, 0) is 18.3 Å².